The van der Waals surface area contributed by atoms with E-state index in [0.29, 0.717) is 13.2 Å². The number of hydrogen-bond acceptors (Lipinski definition) is 3. The molecular formula is C15H19NO2. The van der Waals surface area contributed by atoms with Crippen LogP contribution in [0.2, 0.25) is 0 Å². The summed E-state index contributed by atoms with van der Waals surface area (Å²) in [5.41, 5.74) is 0.933. The van der Waals surface area contributed by atoms with Gasteiger partial charge in [0.15, 0.2) is 11.5 Å². The van der Waals surface area contributed by atoms with Crippen LogP contribution >= 0.6 is 0 Å². The van der Waals surface area contributed by atoms with Crippen molar-refractivity contribution in [3.8, 4) is 17.6 Å². The molecule has 0 fully saturated rings. The molecule has 0 bridgehead atoms. The Morgan fingerprint density at radius 1 is 1.22 bits per heavy atom. The molecule has 96 valence electrons. The van der Waals surface area contributed by atoms with Gasteiger partial charge < -0.3 is 9.47 Å². The molecule has 0 heterocycles. The molecule has 0 saturated carbocycles. The number of nitriles is 1. The van der Waals surface area contributed by atoms with Gasteiger partial charge in [-0.15, -0.1) is 0 Å². The van der Waals surface area contributed by atoms with E-state index in [2.05, 4.69) is 6.92 Å². The van der Waals surface area contributed by atoms with Crippen LogP contribution in [-0.2, 0) is 0 Å². The number of allylic oxidation sites excluding steroid dienone is 1. The van der Waals surface area contributed by atoms with E-state index in [1.807, 2.05) is 31.2 Å². The Morgan fingerprint density at radius 3 is 2.72 bits per heavy atom. The Morgan fingerprint density at radius 2 is 2.06 bits per heavy atom. The number of hydrogen-bond donors (Lipinski definition) is 0. The Labute approximate surface area is 109 Å². The first kappa shape index (κ1) is 14.1. The van der Waals surface area contributed by atoms with E-state index in [0.717, 1.165) is 29.9 Å². The van der Waals surface area contributed by atoms with Crippen molar-refractivity contribution in [1.29, 1.82) is 5.26 Å². The van der Waals surface area contributed by atoms with Crippen LogP contribution in [0.3, 0.4) is 0 Å². The summed E-state index contributed by atoms with van der Waals surface area (Å²) in [6, 6.07) is 7.66. The maximum absolute atomic E-state index is 8.51. The van der Waals surface area contributed by atoms with Gasteiger partial charge in [0.05, 0.1) is 19.3 Å². The smallest absolute Gasteiger partial charge is 0.161 e. The van der Waals surface area contributed by atoms with Crippen LogP contribution in [0.1, 0.15) is 32.3 Å². The molecule has 0 radical (unpaired) electrons. The summed E-state index contributed by atoms with van der Waals surface area (Å²) in [5.74, 6) is 1.49. The number of unbranched alkanes of at least 4 members (excludes halogenated alkanes) is 1. The van der Waals surface area contributed by atoms with Gasteiger partial charge in [-0.05, 0) is 37.1 Å². The van der Waals surface area contributed by atoms with Gasteiger partial charge in [-0.1, -0.05) is 19.4 Å². The van der Waals surface area contributed by atoms with E-state index >= 15 is 0 Å². The van der Waals surface area contributed by atoms with Crippen molar-refractivity contribution >= 4 is 6.08 Å². The third-order valence-electron chi connectivity index (χ3n) is 2.37. The van der Waals surface area contributed by atoms with Crippen LogP contribution < -0.4 is 9.47 Å². The SMILES string of the molecule is CCCCOc1ccc(/C=C/C#N)cc1OCC. The molecule has 18 heavy (non-hydrogen) atoms. The monoisotopic (exact) mass is 245 g/mol. The molecule has 3 heteroatoms. The van der Waals surface area contributed by atoms with E-state index in [9.17, 15) is 0 Å². The molecule has 0 spiro atoms. The molecule has 3 nitrogen and oxygen atoms in total. The number of ether oxygens (including phenoxy) is 2. The van der Waals surface area contributed by atoms with E-state index in [-0.39, 0.29) is 0 Å². The summed E-state index contributed by atoms with van der Waals surface area (Å²) < 4.78 is 11.2. The first-order chi connectivity index (χ1) is 8.81. The fourth-order valence-corrected chi connectivity index (χ4v) is 1.48. The van der Waals surface area contributed by atoms with Crippen LogP contribution in [0.5, 0.6) is 11.5 Å². The van der Waals surface area contributed by atoms with Gasteiger partial charge in [-0.25, -0.2) is 0 Å². The zero-order chi connectivity index (χ0) is 13.2. The van der Waals surface area contributed by atoms with Crippen molar-refractivity contribution in [3.05, 3.63) is 29.8 Å². The van der Waals surface area contributed by atoms with E-state index in [1.165, 1.54) is 6.08 Å². The topological polar surface area (TPSA) is 42.2 Å². The Kier molecular flexibility index (Phi) is 6.42. The molecule has 1 rings (SSSR count). The van der Waals surface area contributed by atoms with Crippen LogP contribution in [0.25, 0.3) is 6.08 Å². The molecule has 0 aliphatic heterocycles. The zero-order valence-electron chi connectivity index (χ0n) is 11.0. The Bertz CT molecular complexity index is 433. The highest BCUT2D eigenvalue weighted by Gasteiger charge is 2.05. The number of rotatable bonds is 7. The van der Waals surface area contributed by atoms with Gasteiger partial charge in [-0.2, -0.15) is 5.26 Å². The molecule has 0 atom stereocenters. The van der Waals surface area contributed by atoms with Gasteiger partial charge in [0, 0.05) is 6.08 Å². The van der Waals surface area contributed by atoms with Crippen LogP contribution in [0.4, 0.5) is 0 Å². The van der Waals surface area contributed by atoms with Crippen molar-refractivity contribution in [2.75, 3.05) is 13.2 Å². The lowest BCUT2D eigenvalue weighted by Crippen LogP contribution is -2.00. The summed E-state index contributed by atoms with van der Waals surface area (Å²) in [7, 11) is 0. The first-order valence-electron chi connectivity index (χ1n) is 6.27. The zero-order valence-corrected chi connectivity index (χ0v) is 11.0. The maximum atomic E-state index is 8.51. The fraction of sp³-hybridized carbons (Fsp3) is 0.400. The van der Waals surface area contributed by atoms with Crippen molar-refractivity contribution in [2.45, 2.75) is 26.7 Å². The van der Waals surface area contributed by atoms with Crippen molar-refractivity contribution in [2.24, 2.45) is 0 Å². The fourth-order valence-electron chi connectivity index (χ4n) is 1.48. The van der Waals surface area contributed by atoms with Crippen molar-refractivity contribution in [1.82, 2.24) is 0 Å². The molecule has 1 aromatic carbocycles. The minimum absolute atomic E-state index is 0.593. The highest BCUT2D eigenvalue weighted by molar-refractivity contribution is 5.57. The molecule has 0 N–H and O–H groups in total. The third kappa shape index (κ3) is 4.50. The van der Waals surface area contributed by atoms with E-state index in [1.54, 1.807) is 6.08 Å². The molecule has 0 aliphatic carbocycles. The number of nitrogens with zero attached hydrogens (tertiary/aromatic N) is 1. The molecule has 0 aromatic heterocycles. The summed E-state index contributed by atoms with van der Waals surface area (Å²) in [5, 5.41) is 8.51. The summed E-state index contributed by atoms with van der Waals surface area (Å²) in [6.07, 6.45) is 5.33. The quantitative estimate of drug-likeness (QED) is 0.542. The second kappa shape index (κ2) is 8.19. The van der Waals surface area contributed by atoms with Crippen LogP contribution in [0.15, 0.2) is 24.3 Å². The van der Waals surface area contributed by atoms with Crippen molar-refractivity contribution in [3.63, 3.8) is 0 Å². The lowest BCUT2D eigenvalue weighted by atomic mass is 10.2. The van der Waals surface area contributed by atoms with Gasteiger partial charge in [0.1, 0.15) is 0 Å². The second-order valence-electron chi connectivity index (χ2n) is 3.80. The highest BCUT2D eigenvalue weighted by Crippen LogP contribution is 2.29. The first-order valence-corrected chi connectivity index (χ1v) is 6.27. The summed E-state index contributed by atoms with van der Waals surface area (Å²) in [4.78, 5) is 0. The molecular weight excluding hydrogens is 226 g/mol. The predicted octanol–water partition coefficient (Wildman–Crippen LogP) is 3.80. The minimum Gasteiger partial charge on any atom is -0.490 e. The molecule has 0 aliphatic rings. The Balaban J connectivity index is 2.83. The second-order valence-corrected chi connectivity index (χ2v) is 3.80. The lowest BCUT2D eigenvalue weighted by molar-refractivity contribution is 0.272. The molecule has 0 saturated heterocycles. The van der Waals surface area contributed by atoms with E-state index in [4.69, 9.17) is 14.7 Å². The van der Waals surface area contributed by atoms with Crippen LogP contribution in [0, 0.1) is 11.3 Å². The molecule has 0 amide bonds. The van der Waals surface area contributed by atoms with Gasteiger partial charge >= 0.3 is 0 Å². The minimum atomic E-state index is 0.593. The largest absolute Gasteiger partial charge is 0.490 e. The van der Waals surface area contributed by atoms with Crippen LogP contribution in [-0.4, -0.2) is 13.2 Å². The maximum Gasteiger partial charge on any atom is 0.161 e. The summed E-state index contributed by atoms with van der Waals surface area (Å²) in [6.45, 7) is 5.36. The summed E-state index contributed by atoms with van der Waals surface area (Å²) >= 11 is 0. The predicted molar refractivity (Wildman–Crippen MR) is 72.7 cm³/mol. The van der Waals surface area contributed by atoms with Gasteiger partial charge in [-0.3, -0.25) is 0 Å². The lowest BCUT2D eigenvalue weighted by Gasteiger charge is -2.12. The molecule has 1 aromatic rings. The standard InChI is InChI=1S/C15H19NO2/c1-3-5-11-18-14-9-8-13(7-6-10-16)12-15(14)17-4-2/h6-9,12H,3-5,11H2,1-2H3/b7-6+. The van der Waals surface area contributed by atoms with Crippen molar-refractivity contribution < 1.29 is 9.47 Å². The van der Waals surface area contributed by atoms with E-state index < -0.39 is 0 Å². The number of benzene rings is 1. The third-order valence-corrected chi connectivity index (χ3v) is 2.37. The molecule has 0 unspecified atom stereocenters. The highest BCUT2D eigenvalue weighted by atomic mass is 16.5. The van der Waals surface area contributed by atoms with Gasteiger partial charge in [0.25, 0.3) is 0 Å². The Hall–Kier alpha value is -1.95. The van der Waals surface area contributed by atoms with Gasteiger partial charge in [0.2, 0.25) is 0 Å². The average Bonchev–Trinajstić information content (AvgIpc) is 2.39. The average molecular weight is 245 g/mol. The normalized spacial score (nSPS) is 10.3.